The number of nitrogens with zero attached hydrogens (tertiary/aromatic N) is 1. The molecule has 0 amide bonds. The summed E-state index contributed by atoms with van der Waals surface area (Å²) in [4.78, 5) is 4.02. The van der Waals surface area contributed by atoms with Gasteiger partial charge < -0.3 is 0 Å². The van der Waals surface area contributed by atoms with Crippen LogP contribution in [0.3, 0.4) is 0 Å². The first-order valence-electron chi connectivity index (χ1n) is 5.00. The van der Waals surface area contributed by atoms with Crippen molar-refractivity contribution in [2.24, 2.45) is 4.99 Å². The number of benzene rings is 1. The third-order valence-corrected chi connectivity index (χ3v) is 3.53. The molecule has 86 valence electrons. The van der Waals surface area contributed by atoms with Crippen molar-refractivity contribution in [3.8, 4) is 0 Å². The van der Waals surface area contributed by atoms with Crippen LogP contribution in [0, 0.1) is 0 Å². The van der Waals surface area contributed by atoms with Gasteiger partial charge in [-0.15, -0.1) is 0 Å². The molecule has 1 nitrogen and oxygen atoms in total. The Morgan fingerprint density at radius 2 is 1.81 bits per heavy atom. The van der Waals surface area contributed by atoms with E-state index in [1.54, 1.807) is 0 Å². The van der Waals surface area contributed by atoms with Crippen LogP contribution >= 0.6 is 34.8 Å². The molecule has 2 rings (SSSR count). The summed E-state index contributed by atoms with van der Waals surface area (Å²) in [5.74, 6) is 0. The number of hydrogen-bond donors (Lipinski definition) is 0. The molecule has 0 spiro atoms. The van der Waals surface area contributed by atoms with Crippen LogP contribution in [0.4, 0.5) is 0 Å². The van der Waals surface area contributed by atoms with Gasteiger partial charge in [0.25, 0.3) is 0 Å². The van der Waals surface area contributed by atoms with Crippen LogP contribution in [0.2, 0.25) is 0 Å². The molecule has 0 unspecified atom stereocenters. The zero-order valence-corrected chi connectivity index (χ0v) is 11.6. The quantitative estimate of drug-likeness (QED) is 0.486. The van der Waals surface area contributed by atoms with Crippen LogP contribution in [-0.2, 0) is 9.87 Å². The molecular weight excluding hydrogens is 264 g/mol. The van der Waals surface area contributed by atoms with Crippen LogP contribution in [0.15, 0.2) is 23.2 Å². The standard InChI is InChI=1S/C12H12Cl3N/c1-11(2,3)7-4-5-9-8(6-7)10(13)16-12(9,14)15/h4-6H,1-3H3. The molecule has 4 heteroatoms. The molecule has 0 fully saturated rings. The third-order valence-electron chi connectivity index (χ3n) is 2.67. The van der Waals surface area contributed by atoms with E-state index in [1.807, 2.05) is 18.2 Å². The lowest BCUT2D eigenvalue weighted by Gasteiger charge is -2.20. The highest BCUT2D eigenvalue weighted by atomic mass is 35.5. The SMILES string of the molecule is CC(C)(C)c1ccc2c(c1)C(Cl)=NC2(Cl)Cl. The smallest absolute Gasteiger partial charge is 0.229 e. The van der Waals surface area contributed by atoms with E-state index in [0.717, 1.165) is 11.1 Å². The summed E-state index contributed by atoms with van der Waals surface area (Å²) >= 11 is 18.1. The van der Waals surface area contributed by atoms with Crippen LogP contribution in [0.5, 0.6) is 0 Å². The van der Waals surface area contributed by atoms with Gasteiger partial charge in [0.05, 0.1) is 0 Å². The first kappa shape index (κ1) is 12.2. The van der Waals surface area contributed by atoms with Gasteiger partial charge in [0, 0.05) is 11.1 Å². The highest BCUT2D eigenvalue weighted by molar-refractivity contribution is 6.71. The zero-order valence-electron chi connectivity index (χ0n) is 9.31. The summed E-state index contributed by atoms with van der Waals surface area (Å²) in [5, 5.41) is 0.381. The Balaban J connectivity index is 2.59. The summed E-state index contributed by atoms with van der Waals surface area (Å²) in [6.45, 7) is 6.43. The van der Waals surface area contributed by atoms with Gasteiger partial charge in [-0.3, -0.25) is 0 Å². The van der Waals surface area contributed by atoms with E-state index in [4.69, 9.17) is 34.8 Å². The molecule has 0 atom stereocenters. The highest BCUT2D eigenvalue weighted by Gasteiger charge is 2.36. The van der Waals surface area contributed by atoms with Gasteiger partial charge in [0.1, 0.15) is 5.17 Å². The number of rotatable bonds is 0. The molecule has 0 aromatic heterocycles. The molecule has 1 aromatic rings. The highest BCUT2D eigenvalue weighted by Crippen LogP contribution is 2.44. The number of hydrogen-bond acceptors (Lipinski definition) is 1. The minimum absolute atomic E-state index is 0.0656. The molecule has 0 aliphatic carbocycles. The maximum Gasteiger partial charge on any atom is 0.235 e. The van der Waals surface area contributed by atoms with Gasteiger partial charge in [-0.05, 0) is 17.0 Å². The summed E-state index contributed by atoms with van der Waals surface area (Å²) in [6.07, 6.45) is 0. The van der Waals surface area contributed by atoms with E-state index in [0.29, 0.717) is 5.17 Å². The molecule has 1 heterocycles. The predicted octanol–water partition coefficient (Wildman–Crippen LogP) is 4.57. The van der Waals surface area contributed by atoms with E-state index >= 15 is 0 Å². The maximum atomic E-state index is 6.05. The Labute approximate surface area is 110 Å². The number of fused-ring (bicyclic) bond motifs is 1. The van der Waals surface area contributed by atoms with E-state index < -0.39 is 4.46 Å². The van der Waals surface area contributed by atoms with Crippen molar-refractivity contribution in [1.29, 1.82) is 0 Å². The maximum absolute atomic E-state index is 6.05. The lowest BCUT2D eigenvalue weighted by molar-refractivity contribution is 0.590. The molecule has 1 aromatic carbocycles. The van der Waals surface area contributed by atoms with Crippen molar-refractivity contribution in [2.45, 2.75) is 30.6 Å². The molecule has 16 heavy (non-hydrogen) atoms. The first-order chi connectivity index (χ1) is 7.22. The van der Waals surface area contributed by atoms with E-state index in [2.05, 4.69) is 25.8 Å². The van der Waals surface area contributed by atoms with Crippen molar-refractivity contribution in [2.75, 3.05) is 0 Å². The summed E-state index contributed by atoms with van der Waals surface area (Å²) in [5.41, 5.74) is 2.84. The minimum Gasteiger partial charge on any atom is -0.229 e. The van der Waals surface area contributed by atoms with E-state index in [9.17, 15) is 0 Å². The second kappa shape index (κ2) is 3.63. The van der Waals surface area contributed by atoms with Gasteiger partial charge in [0.15, 0.2) is 0 Å². The van der Waals surface area contributed by atoms with Crippen molar-refractivity contribution in [3.05, 3.63) is 34.9 Å². The van der Waals surface area contributed by atoms with Crippen molar-refractivity contribution in [1.82, 2.24) is 0 Å². The van der Waals surface area contributed by atoms with Gasteiger partial charge >= 0.3 is 0 Å². The lowest BCUT2D eigenvalue weighted by atomic mass is 9.85. The third kappa shape index (κ3) is 1.97. The Bertz CT molecular complexity index is 470. The average molecular weight is 277 g/mol. The van der Waals surface area contributed by atoms with Gasteiger partial charge in [-0.1, -0.05) is 67.7 Å². The van der Waals surface area contributed by atoms with Crippen LogP contribution < -0.4 is 0 Å². The number of alkyl halides is 2. The lowest BCUT2D eigenvalue weighted by Crippen LogP contribution is -2.12. The monoisotopic (exact) mass is 275 g/mol. The second-order valence-electron chi connectivity index (χ2n) is 4.95. The van der Waals surface area contributed by atoms with Crippen molar-refractivity contribution in [3.63, 3.8) is 0 Å². The number of halogens is 3. The second-order valence-corrected chi connectivity index (χ2v) is 6.60. The summed E-state index contributed by atoms with van der Waals surface area (Å²) in [6, 6.07) is 5.92. The molecule has 0 N–H and O–H groups in total. The first-order valence-corrected chi connectivity index (χ1v) is 6.14. The number of aliphatic imine (C=N–C) groups is 1. The Morgan fingerprint density at radius 3 is 2.38 bits per heavy atom. The zero-order chi connectivity index (χ0) is 12.1. The fraction of sp³-hybridized carbons (Fsp3) is 0.417. The predicted molar refractivity (Wildman–Crippen MR) is 70.9 cm³/mol. The Kier molecular flexibility index (Phi) is 2.77. The van der Waals surface area contributed by atoms with Crippen LogP contribution in [-0.4, -0.2) is 5.17 Å². The summed E-state index contributed by atoms with van der Waals surface area (Å²) in [7, 11) is 0. The van der Waals surface area contributed by atoms with Crippen LogP contribution in [0.1, 0.15) is 37.5 Å². The molecule has 1 aliphatic rings. The van der Waals surface area contributed by atoms with E-state index in [1.165, 1.54) is 5.56 Å². The topological polar surface area (TPSA) is 12.4 Å². The molecule has 0 saturated heterocycles. The fourth-order valence-electron chi connectivity index (χ4n) is 1.69. The molecule has 0 bridgehead atoms. The van der Waals surface area contributed by atoms with Crippen molar-refractivity contribution >= 4 is 40.0 Å². The van der Waals surface area contributed by atoms with Gasteiger partial charge in [0.2, 0.25) is 4.46 Å². The Hall–Kier alpha value is -0.240. The van der Waals surface area contributed by atoms with Crippen LogP contribution in [0.25, 0.3) is 0 Å². The average Bonchev–Trinajstić information content (AvgIpc) is 2.36. The van der Waals surface area contributed by atoms with E-state index in [-0.39, 0.29) is 5.41 Å². The summed E-state index contributed by atoms with van der Waals surface area (Å²) < 4.78 is -1.23. The fourth-order valence-corrected chi connectivity index (χ4v) is 2.56. The minimum atomic E-state index is -1.23. The van der Waals surface area contributed by atoms with Gasteiger partial charge in [-0.25, -0.2) is 4.99 Å². The largest absolute Gasteiger partial charge is 0.235 e. The normalized spacial score (nSPS) is 18.2. The molecule has 0 saturated carbocycles. The molecule has 1 aliphatic heterocycles. The van der Waals surface area contributed by atoms with Crippen molar-refractivity contribution < 1.29 is 0 Å². The van der Waals surface area contributed by atoms with Gasteiger partial charge in [-0.2, -0.15) is 0 Å². The molecular formula is C12H12Cl3N. The Morgan fingerprint density at radius 1 is 1.19 bits per heavy atom. The molecule has 0 radical (unpaired) electrons.